The molecule has 0 bridgehead atoms. The molecule has 0 saturated heterocycles. The predicted octanol–water partition coefficient (Wildman–Crippen LogP) is 5.50. The summed E-state index contributed by atoms with van der Waals surface area (Å²) in [5.41, 5.74) is 5.53. The van der Waals surface area contributed by atoms with Crippen LogP contribution in [0.5, 0.6) is 11.5 Å². The molecular formula is C33H39NO7. The van der Waals surface area contributed by atoms with Gasteiger partial charge in [-0.1, -0.05) is 61.5 Å². The Bertz CT molecular complexity index is 1260. The average molecular weight is 562 g/mol. The van der Waals surface area contributed by atoms with E-state index >= 15 is 0 Å². The number of carbonyl (C=O) groups is 2. The summed E-state index contributed by atoms with van der Waals surface area (Å²) >= 11 is 0. The number of aromatic hydroxyl groups is 1. The summed E-state index contributed by atoms with van der Waals surface area (Å²) in [5, 5.41) is 18.4. The van der Waals surface area contributed by atoms with Gasteiger partial charge in [-0.3, -0.25) is 9.59 Å². The fraction of sp³-hybridized carbons (Fsp3) is 0.333. The highest BCUT2D eigenvalue weighted by Gasteiger charge is 2.14. The topological polar surface area (TPSA) is 106 Å². The van der Waals surface area contributed by atoms with Gasteiger partial charge in [0, 0.05) is 7.05 Å². The fourth-order valence-electron chi connectivity index (χ4n) is 4.28. The molecule has 0 fully saturated rings. The van der Waals surface area contributed by atoms with Crippen LogP contribution in [0, 0.1) is 0 Å². The first-order valence-electron chi connectivity index (χ1n) is 13.8. The number of ether oxygens (including phenoxy) is 3. The number of aliphatic carboxylic acids is 1. The molecular weight excluding hydrogens is 522 g/mol. The lowest BCUT2D eigenvalue weighted by Crippen LogP contribution is -2.31. The molecule has 3 aromatic carbocycles. The molecule has 0 radical (unpaired) electrons. The second kappa shape index (κ2) is 16.8. The third kappa shape index (κ3) is 10.4. The number of phenols is 1. The van der Waals surface area contributed by atoms with Crippen LogP contribution >= 0.6 is 0 Å². The van der Waals surface area contributed by atoms with Gasteiger partial charge in [0.25, 0.3) is 0 Å². The Kier molecular flexibility index (Phi) is 12.9. The summed E-state index contributed by atoms with van der Waals surface area (Å²) < 4.78 is 16.5. The molecule has 0 spiro atoms. The van der Waals surface area contributed by atoms with Gasteiger partial charge in [-0.05, 0) is 58.5 Å². The molecule has 1 amide bonds. The van der Waals surface area contributed by atoms with Crippen LogP contribution in [-0.2, 0) is 19.1 Å². The standard InChI is InChI=1S/C33H39NO7/c1-3-30(25-7-5-4-6-8-25)33(26-9-13-28(35)14-10-26)27-11-15-29(16-12-27)41-22-19-34(2)31(36)17-20-39-23-24-40-21-18-32(37)38/h4-16,35H,3,17-24H2,1-2H3,(H,37,38). The summed E-state index contributed by atoms with van der Waals surface area (Å²) in [6, 6.07) is 25.5. The van der Waals surface area contributed by atoms with E-state index in [1.807, 2.05) is 54.6 Å². The van der Waals surface area contributed by atoms with Crippen LogP contribution < -0.4 is 4.74 Å². The van der Waals surface area contributed by atoms with Crippen molar-refractivity contribution in [2.45, 2.75) is 26.2 Å². The molecule has 0 aromatic heterocycles. The minimum absolute atomic E-state index is 0.0402. The molecule has 0 atom stereocenters. The number of hydrogen-bond donors (Lipinski definition) is 2. The van der Waals surface area contributed by atoms with Crippen LogP contribution in [0.3, 0.4) is 0 Å². The lowest BCUT2D eigenvalue weighted by molar-refractivity contribution is -0.138. The third-order valence-electron chi connectivity index (χ3n) is 6.49. The van der Waals surface area contributed by atoms with Crippen LogP contribution in [-0.4, -0.2) is 73.6 Å². The Morgan fingerprint density at radius 1 is 0.732 bits per heavy atom. The van der Waals surface area contributed by atoms with Crippen molar-refractivity contribution in [3.05, 3.63) is 95.6 Å². The molecule has 41 heavy (non-hydrogen) atoms. The Morgan fingerprint density at radius 2 is 1.32 bits per heavy atom. The van der Waals surface area contributed by atoms with Gasteiger partial charge in [0.05, 0.1) is 45.8 Å². The number of hydrogen-bond acceptors (Lipinski definition) is 6. The van der Waals surface area contributed by atoms with E-state index in [1.165, 1.54) is 5.57 Å². The highest BCUT2D eigenvalue weighted by molar-refractivity contribution is 5.98. The van der Waals surface area contributed by atoms with Gasteiger partial charge in [0.15, 0.2) is 0 Å². The van der Waals surface area contributed by atoms with E-state index in [9.17, 15) is 14.7 Å². The van der Waals surface area contributed by atoms with E-state index in [0.717, 1.165) is 28.7 Å². The SMILES string of the molecule is CCC(=C(c1ccc(O)cc1)c1ccc(OCCN(C)C(=O)CCOCCOCCC(=O)O)cc1)c1ccccc1. The average Bonchev–Trinajstić information content (AvgIpc) is 2.98. The molecule has 3 rings (SSSR count). The second-order valence-corrected chi connectivity index (χ2v) is 9.43. The van der Waals surface area contributed by atoms with E-state index in [4.69, 9.17) is 19.3 Å². The zero-order valence-electron chi connectivity index (χ0n) is 23.8. The minimum atomic E-state index is -0.901. The van der Waals surface area contributed by atoms with E-state index in [1.54, 1.807) is 24.1 Å². The van der Waals surface area contributed by atoms with Gasteiger partial charge < -0.3 is 29.3 Å². The number of likely N-dealkylation sites (N-methyl/N-ethyl adjacent to an activating group) is 1. The van der Waals surface area contributed by atoms with Crippen molar-refractivity contribution in [1.29, 1.82) is 0 Å². The number of carbonyl (C=O) groups excluding carboxylic acids is 1. The van der Waals surface area contributed by atoms with Crippen LogP contribution in [0.2, 0.25) is 0 Å². The fourth-order valence-corrected chi connectivity index (χ4v) is 4.28. The van der Waals surface area contributed by atoms with E-state index in [-0.39, 0.29) is 37.7 Å². The Balaban J connectivity index is 1.53. The van der Waals surface area contributed by atoms with Crippen molar-refractivity contribution < 1.29 is 34.0 Å². The monoisotopic (exact) mass is 561 g/mol. The van der Waals surface area contributed by atoms with E-state index in [2.05, 4.69) is 19.1 Å². The second-order valence-electron chi connectivity index (χ2n) is 9.43. The van der Waals surface area contributed by atoms with Crippen LogP contribution in [0.1, 0.15) is 42.9 Å². The molecule has 8 heteroatoms. The number of carboxylic acid groups (broad SMARTS) is 1. The van der Waals surface area contributed by atoms with Crippen molar-refractivity contribution in [1.82, 2.24) is 4.90 Å². The highest BCUT2D eigenvalue weighted by Crippen LogP contribution is 2.35. The molecule has 0 aliphatic heterocycles. The van der Waals surface area contributed by atoms with Gasteiger partial charge in [0.1, 0.15) is 18.1 Å². The zero-order chi connectivity index (χ0) is 29.5. The van der Waals surface area contributed by atoms with Crippen LogP contribution in [0.15, 0.2) is 78.9 Å². The molecule has 218 valence electrons. The Labute approximate surface area is 241 Å². The van der Waals surface area contributed by atoms with Crippen molar-refractivity contribution in [3.8, 4) is 11.5 Å². The number of carboxylic acids is 1. The first-order chi connectivity index (χ1) is 19.9. The van der Waals surface area contributed by atoms with Gasteiger partial charge in [-0.2, -0.15) is 0 Å². The van der Waals surface area contributed by atoms with Crippen molar-refractivity contribution in [2.75, 3.05) is 46.6 Å². The minimum Gasteiger partial charge on any atom is -0.508 e. The predicted molar refractivity (Wildman–Crippen MR) is 159 cm³/mol. The lowest BCUT2D eigenvalue weighted by atomic mass is 9.88. The van der Waals surface area contributed by atoms with Gasteiger partial charge in [-0.25, -0.2) is 0 Å². The zero-order valence-corrected chi connectivity index (χ0v) is 23.8. The molecule has 0 aliphatic rings. The maximum atomic E-state index is 12.4. The van der Waals surface area contributed by atoms with E-state index < -0.39 is 5.97 Å². The maximum Gasteiger partial charge on any atom is 0.305 e. The molecule has 0 heterocycles. The van der Waals surface area contributed by atoms with Crippen molar-refractivity contribution in [3.63, 3.8) is 0 Å². The number of rotatable bonds is 17. The van der Waals surface area contributed by atoms with Gasteiger partial charge in [0.2, 0.25) is 5.91 Å². The largest absolute Gasteiger partial charge is 0.508 e. The smallest absolute Gasteiger partial charge is 0.305 e. The number of amides is 1. The van der Waals surface area contributed by atoms with Crippen molar-refractivity contribution in [2.24, 2.45) is 0 Å². The molecule has 3 aromatic rings. The number of allylic oxidation sites excluding steroid dienone is 1. The van der Waals surface area contributed by atoms with Gasteiger partial charge >= 0.3 is 5.97 Å². The summed E-state index contributed by atoms with van der Waals surface area (Å²) in [5.74, 6) is -0.0110. The van der Waals surface area contributed by atoms with Crippen molar-refractivity contribution >= 4 is 23.0 Å². The van der Waals surface area contributed by atoms with Gasteiger partial charge in [-0.15, -0.1) is 0 Å². The van der Waals surface area contributed by atoms with Crippen LogP contribution in [0.25, 0.3) is 11.1 Å². The van der Waals surface area contributed by atoms with Crippen LogP contribution in [0.4, 0.5) is 0 Å². The molecule has 0 saturated carbocycles. The molecule has 2 N–H and O–H groups in total. The number of nitrogens with zero attached hydrogens (tertiary/aromatic N) is 1. The molecule has 8 nitrogen and oxygen atoms in total. The van der Waals surface area contributed by atoms with E-state index in [0.29, 0.717) is 32.1 Å². The summed E-state index contributed by atoms with van der Waals surface area (Å²) in [7, 11) is 1.73. The summed E-state index contributed by atoms with van der Waals surface area (Å²) in [6.45, 7) is 3.95. The number of benzene rings is 3. The maximum absolute atomic E-state index is 12.4. The summed E-state index contributed by atoms with van der Waals surface area (Å²) in [6.07, 6.45) is 1.04. The summed E-state index contributed by atoms with van der Waals surface area (Å²) in [4.78, 5) is 24.4. The third-order valence-corrected chi connectivity index (χ3v) is 6.49. The first-order valence-corrected chi connectivity index (χ1v) is 13.8. The lowest BCUT2D eigenvalue weighted by Gasteiger charge is -2.18. The normalized spacial score (nSPS) is 11.6. The quantitative estimate of drug-likeness (QED) is 0.166. The highest BCUT2D eigenvalue weighted by atomic mass is 16.5. The molecule has 0 aliphatic carbocycles. The Morgan fingerprint density at radius 3 is 1.90 bits per heavy atom. The first kappa shape index (κ1) is 31.4. The number of phenolic OH excluding ortho intramolecular Hbond substituents is 1. The Hall–Kier alpha value is -4.14. The molecule has 0 unspecified atom stereocenters.